The highest BCUT2D eigenvalue weighted by atomic mass is 35.5. The average molecular weight is 270 g/mol. The summed E-state index contributed by atoms with van der Waals surface area (Å²) in [5.41, 5.74) is 0.365. The minimum Gasteiger partial charge on any atom is -0.345 e. The molecule has 0 bridgehead atoms. The van der Waals surface area contributed by atoms with E-state index < -0.39 is 11.9 Å². The van der Waals surface area contributed by atoms with Crippen LogP contribution < -0.4 is 10.6 Å². The average Bonchev–Trinajstić information content (AvgIpc) is 2.62. The number of halogens is 1. The van der Waals surface area contributed by atoms with Crippen molar-refractivity contribution in [2.75, 3.05) is 0 Å². The van der Waals surface area contributed by atoms with Gasteiger partial charge in [0.1, 0.15) is 11.7 Å². The molecule has 7 heteroatoms. The number of carbonyl (C=O) groups is 3. The van der Waals surface area contributed by atoms with Crippen molar-refractivity contribution in [3.63, 3.8) is 0 Å². The molecule has 0 aromatic carbocycles. The molecule has 1 aliphatic heterocycles. The largest absolute Gasteiger partial charge is 0.345 e. The van der Waals surface area contributed by atoms with Crippen LogP contribution in [0.15, 0.2) is 12.3 Å². The summed E-state index contributed by atoms with van der Waals surface area (Å²) in [5.74, 6) is -1.17. The quantitative estimate of drug-likeness (QED) is 0.754. The first-order valence-corrected chi connectivity index (χ1v) is 5.81. The maximum atomic E-state index is 11.9. The van der Waals surface area contributed by atoms with Gasteiger partial charge in [0, 0.05) is 19.7 Å². The molecule has 2 rings (SSSR count). The molecule has 0 radical (unpaired) electrons. The molecule has 1 aromatic heterocycles. The summed E-state index contributed by atoms with van der Waals surface area (Å²) in [5, 5.41) is 5.21. The number of imide groups is 1. The number of hydrogen-bond donors (Lipinski definition) is 2. The highest BCUT2D eigenvalue weighted by Gasteiger charge is 2.28. The minimum absolute atomic E-state index is 0.227. The fourth-order valence-corrected chi connectivity index (χ4v) is 2.06. The van der Waals surface area contributed by atoms with Crippen molar-refractivity contribution in [2.45, 2.75) is 18.9 Å². The van der Waals surface area contributed by atoms with Crippen LogP contribution in [-0.4, -0.2) is 28.3 Å². The van der Waals surface area contributed by atoms with E-state index >= 15 is 0 Å². The first-order valence-electron chi connectivity index (χ1n) is 5.44. The Labute approximate surface area is 108 Å². The summed E-state index contributed by atoms with van der Waals surface area (Å²) >= 11 is 5.78. The lowest BCUT2D eigenvalue weighted by Gasteiger charge is -2.21. The summed E-state index contributed by atoms with van der Waals surface area (Å²) < 4.78 is 1.57. The molecule has 1 atom stereocenters. The number of aromatic nitrogens is 1. The number of aryl methyl sites for hydroxylation is 1. The summed E-state index contributed by atoms with van der Waals surface area (Å²) in [6.07, 6.45) is 2.14. The normalized spacial score (nSPS) is 19.6. The van der Waals surface area contributed by atoms with E-state index in [0.717, 1.165) is 0 Å². The predicted molar refractivity (Wildman–Crippen MR) is 64.1 cm³/mol. The molecular formula is C11H12ClN3O3. The van der Waals surface area contributed by atoms with Crippen molar-refractivity contribution < 1.29 is 14.4 Å². The van der Waals surface area contributed by atoms with E-state index in [1.807, 2.05) is 0 Å². The van der Waals surface area contributed by atoms with E-state index in [9.17, 15) is 14.4 Å². The molecular weight excluding hydrogens is 258 g/mol. The molecule has 0 aliphatic carbocycles. The SMILES string of the molecule is Cn1cc(Cl)cc1C(=O)NC1CCC(=O)NC1=O. The lowest BCUT2D eigenvalue weighted by Crippen LogP contribution is -2.52. The van der Waals surface area contributed by atoms with Gasteiger partial charge in [0.05, 0.1) is 5.02 Å². The summed E-state index contributed by atoms with van der Waals surface area (Å²) in [4.78, 5) is 34.4. The second-order valence-corrected chi connectivity index (χ2v) is 4.57. The van der Waals surface area contributed by atoms with Crippen LogP contribution in [0.3, 0.4) is 0 Å². The van der Waals surface area contributed by atoms with Crippen molar-refractivity contribution in [2.24, 2.45) is 7.05 Å². The number of nitrogens with one attached hydrogen (secondary N) is 2. The Morgan fingerprint density at radius 2 is 2.28 bits per heavy atom. The van der Waals surface area contributed by atoms with Gasteiger partial charge in [0.15, 0.2) is 0 Å². The van der Waals surface area contributed by atoms with Crippen LogP contribution in [0, 0.1) is 0 Å². The Hall–Kier alpha value is -1.82. The van der Waals surface area contributed by atoms with E-state index in [4.69, 9.17) is 11.6 Å². The maximum Gasteiger partial charge on any atom is 0.268 e. The predicted octanol–water partition coefficient (Wildman–Crippen LogP) is 0.213. The summed E-state index contributed by atoms with van der Waals surface area (Å²) in [6.45, 7) is 0. The van der Waals surface area contributed by atoms with Crippen molar-refractivity contribution >= 4 is 29.3 Å². The maximum absolute atomic E-state index is 11.9. The molecule has 2 heterocycles. The zero-order valence-electron chi connectivity index (χ0n) is 9.70. The van der Waals surface area contributed by atoms with Crippen LogP contribution in [0.2, 0.25) is 5.02 Å². The van der Waals surface area contributed by atoms with Crippen LogP contribution in [-0.2, 0) is 16.6 Å². The highest BCUT2D eigenvalue weighted by molar-refractivity contribution is 6.31. The summed E-state index contributed by atoms with van der Waals surface area (Å²) in [7, 11) is 1.69. The molecule has 1 aliphatic rings. The van der Waals surface area contributed by atoms with Crippen LogP contribution in [0.25, 0.3) is 0 Å². The molecule has 2 N–H and O–H groups in total. The van der Waals surface area contributed by atoms with Gasteiger partial charge in [0.25, 0.3) is 5.91 Å². The van der Waals surface area contributed by atoms with E-state index in [0.29, 0.717) is 17.1 Å². The van der Waals surface area contributed by atoms with Gasteiger partial charge >= 0.3 is 0 Å². The van der Waals surface area contributed by atoms with Crippen molar-refractivity contribution in [3.8, 4) is 0 Å². The van der Waals surface area contributed by atoms with Crippen LogP contribution >= 0.6 is 11.6 Å². The molecule has 96 valence electrons. The van der Waals surface area contributed by atoms with E-state index in [-0.39, 0.29) is 18.2 Å². The highest BCUT2D eigenvalue weighted by Crippen LogP contribution is 2.13. The first kappa shape index (κ1) is 12.6. The lowest BCUT2D eigenvalue weighted by atomic mass is 10.1. The van der Waals surface area contributed by atoms with Crippen LogP contribution in [0.5, 0.6) is 0 Å². The monoisotopic (exact) mass is 269 g/mol. The van der Waals surface area contributed by atoms with Crippen LogP contribution in [0.4, 0.5) is 0 Å². The molecule has 18 heavy (non-hydrogen) atoms. The Bertz CT molecular complexity index is 524. The molecule has 1 fully saturated rings. The van der Waals surface area contributed by atoms with E-state index in [2.05, 4.69) is 10.6 Å². The number of rotatable bonds is 2. The van der Waals surface area contributed by atoms with Gasteiger partial charge in [-0.25, -0.2) is 0 Å². The Morgan fingerprint density at radius 1 is 1.56 bits per heavy atom. The standard InChI is InChI=1S/C11H12ClN3O3/c1-15-5-6(12)4-8(15)11(18)13-7-2-3-9(16)14-10(7)17/h4-5,7H,2-3H2,1H3,(H,13,18)(H,14,16,17). The fraction of sp³-hybridized carbons (Fsp3) is 0.364. The number of piperidine rings is 1. The first-order chi connectivity index (χ1) is 8.47. The number of hydrogen-bond acceptors (Lipinski definition) is 3. The lowest BCUT2D eigenvalue weighted by molar-refractivity contribution is -0.134. The zero-order valence-corrected chi connectivity index (χ0v) is 10.5. The van der Waals surface area contributed by atoms with Gasteiger partial charge in [-0.3, -0.25) is 19.7 Å². The second kappa shape index (κ2) is 4.81. The van der Waals surface area contributed by atoms with Gasteiger partial charge in [0.2, 0.25) is 11.8 Å². The van der Waals surface area contributed by atoms with Crippen LogP contribution in [0.1, 0.15) is 23.3 Å². The van der Waals surface area contributed by atoms with Gasteiger partial charge < -0.3 is 9.88 Å². The smallest absolute Gasteiger partial charge is 0.268 e. The number of carbonyl (C=O) groups excluding carboxylic acids is 3. The molecule has 3 amide bonds. The van der Waals surface area contributed by atoms with Gasteiger partial charge in [-0.1, -0.05) is 11.6 Å². The van der Waals surface area contributed by atoms with Crippen molar-refractivity contribution in [1.82, 2.24) is 15.2 Å². The fourth-order valence-electron chi connectivity index (χ4n) is 1.81. The third-order valence-electron chi connectivity index (χ3n) is 2.75. The Morgan fingerprint density at radius 3 is 2.83 bits per heavy atom. The second-order valence-electron chi connectivity index (χ2n) is 4.13. The molecule has 0 saturated carbocycles. The zero-order chi connectivity index (χ0) is 13.3. The molecule has 1 aromatic rings. The third-order valence-corrected chi connectivity index (χ3v) is 2.96. The molecule has 0 spiro atoms. The van der Waals surface area contributed by atoms with E-state index in [1.165, 1.54) is 6.07 Å². The Balaban J connectivity index is 2.06. The van der Waals surface area contributed by atoms with Gasteiger partial charge in [-0.05, 0) is 12.5 Å². The van der Waals surface area contributed by atoms with Crippen molar-refractivity contribution in [3.05, 3.63) is 23.0 Å². The van der Waals surface area contributed by atoms with Crippen molar-refractivity contribution in [1.29, 1.82) is 0 Å². The van der Waals surface area contributed by atoms with Gasteiger partial charge in [-0.2, -0.15) is 0 Å². The molecule has 1 unspecified atom stereocenters. The number of nitrogens with zero attached hydrogens (tertiary/aromatic N) is 1. The van der Waals surface area contributed by atoms with Gasteiger partial charge in [-0.15, -0.1) is 0 Å². The topological polar surface area (TPSA) is 80.2 Å². The molecule has 1 saturated heterocycles. The number of amides is 3. The summed E-state index contributed by atoms with van der Waals surface area (Å²) in [6, 6.07) is 0.840. The molecule has 6 nitrogen and oxygen atoms in total. The third kappa shape index (κ3) is 2.53. The Kier molecular flexibility index (Phi) is 3.38. The minimum atomic E-state index is -0.677. The van der Waals surface area contributed by atoms with E-state index in [1.54, 1.807) is 17.8 Å².